The minimum atomic E-state index is 0. The van der Waals surface area contributed by atoms with Crippen LogP contribution in [0, 0.1) is 13.8 Å². The second-order valence-corrected chi connectivity index (χ2v) is 5.86. The number of rotatable bonds is 2. The quantitative estimate of drug-likeness (QED) is 0.249. The monoisotopic (exact) mass is 454 g/mol. The van der Waals surface area contributed by atoms with Gasteiger partial charge in [-0.25, -0.2) is 0 Å². The van der Waals surface area contributed by atoms with Gasteiger partial charge in [-0.1, -0.05) is 38.1 Å². The van der Waals surface area contributed by atoms with E-state index in [2.05, 4.69) is 33.8 Å². The Kier molecular flexibility index (Phi) is 17.3. The maximum absolute atomic E-state index is 4.19. The summed E-state index contributed by atoms with van der Waals surface area (Å²) in [6.07, 6.45) is 9.07. The molecular weight excluding hydrogens is 424 g/mol. The zero-order valence-electron chi connectivity index (χ0n) is 18.2. The first-order valence-electron chi connectivity index (χ1n) is 10.00. The molecule has 0 N–H and O–H groups in total. The summed E-state index contributed by atoms with van der Waals surface area (Å²) < 4.78 is 0. The van der Waals surface area contributed by atoms with Gasteiger partial charge in [0, 0.05) is 24.8 Å². The molecule has 0 spiro atoms. The third kappa shape index (κ3) is 12.4. The van der Waals surface area contributed by atoms with E-state index in [1.165, 1.54) is 0 Å². The molecule has 0 fully saturated rings. The van der Waals surface area contributed by atoms with E-state index in [0.29, 0.717) is 0 Å². The van der Waals surface area contributed by atoms with Crippen LogP contribution in [0.2, 0.25) is 0 Å². The number of hydrogen-bond acceptors (Lipinski definition) is 4. The van der Waals surface area contributed by atoms with Crippen molar-refractivity contribution < 1.29 is 17.1 Å². The number of nitrogens with zero attached hydrogens (tertiary/aromatic N) is 4. The van der Waals surface area contributed by atoms with Gasteiger partial charge in [-0.2, -0.15) is 12.8 Å². The zero-order chi connectivity index (χ0) is 21.9. The number of pyridine rings is 4. The molecule has 4 aromatic heterocycles. The van der Waals surface area contributed by atoms with Crippen LogP contribution in [-0.4, -0.2) is 19.9 Å². The summed E-state index contributed by atoms with van der Waals surface area (Å²) >= 11 is 0. The predicted octanol–water partition coefficient (Wildman–Crippen LogP) is 6.75. The molecule has 160 valence electrons. The van der Waals surface area contributed by atoms with Crippen LogP contribution in [0.3, 0.4) is 0 Å². The molecule has 4 nitrogen and oxygen atoms in total. The number of hydrogen-bond donors (Lipinski definition) is 0. The van der Waals surface area contributed by atoms with Crippen LogP contribution in [0.4, 0.5) is 0 Å². The van der Waals surface area contributed by atoms with Crippen LogP contribution in [0.1, 0.15) is 26.7 Å². The Morgan fingerprint density at radius 3 is 0.806 bits per heavy atom. The topological polar surface area (TPSA) is 51.6 Å². The maximum atomic E-state index is 4.19. The summed E-state index contributed by atoms with van der Waals surface area (Å²) in [7, 11) is 0. The first kappa shape index (κ1) is 28.1. The van der Waals surface area contributed by atoms with E-state index in [1.54, 1.807) is 24.8 Å². The Morgan fingerprint density at radius 1 is 0.484 bits per heavy atom. The molecule has 0 atom stereocenters. The summed E-state index contributed by atoms with van der Waals surface area (Å²) in [6.45, 7) is 11.0. The van der Waals surface area contributed by atoms with Gasteiger partial charge in [0.25, 0.3) is 0 Å². The molecule has 0 aliphatic carbocycles. The molecule has 0 radical (unpaired) electrons. The van der Waals surface area contributed by atoms with Crippen molar-refractivity contribution in [2.45, 2.75) is 26.7 Å². The number of aromatic nitrogens is 4. The Labute approximate surface area is 197 Å². The Bertz CT molecular complexity index is 722. The summed E-state index contributed by atoms with van der Waals surface area (Å²) in [4.78, 5) is 16.7. The fourth-order valence-corrected chi connectivity index (χ4v) is 2.06. The molecule has 0 unspecified atom stereocenters. The summed E-state index contributed by atoms with van der Waals surface area (Å²) in [5.74, 6) is 0. The van der Waals surface area contributed by atoms with Crippen molar-refractivity contribution in [3.8, 4) is 22.8 Å². The minimum absolute atomic E-state index is 0. The second-order valence-electron chi connectivity index (χ2n) is 5.86. The first-order valence-corrected chi connectivity index (χ1v) is 10.00. The van der Waals surface area contributed by atoms with Crippen LogP contribution < -0.4 is 0 Å². The van der Waals surface area contributed by atoms with Crippen molar-refractivity contribution in [1.82, 2.24) is 19.9 Å². The van der Waals surface area contributed by atoms with E-state index in [-0.39, 0.29) is 17.1 Å². The molecule has 0 bridgehead atoms. The van der Waals surface area contributed by atoms with Gasteiger partial charge in [-0.15, -0.1) is 0 Å². The van der Waals surface area contributed by atoms with Crippen molar-refractivity contribution in [2.75, 3.05) is 0 Å². The van der Waals surface area contributed by atoms with Crippen LogP contribution in [0.15, 0.2) is 97.6 Å². The van der Waals surface area contributed by atoms with E-state index < -0.39 is 0 Å². The smallest absolute Gasteiger partial charge is 0.344 e. The van der Waals surface area contributed by atoms with Gasteiger partial charge in [0.1, 0.15) is 0 Å². The summed E-state index contributed by atoms with van der Waals surface area (Å²) in [6, 6.07) is 23.2. The van der Waals surface area contributed by atoms with Gasteiger partial charge >= 0.3 is 17.1 Å². The third-order valence-electron chi connectivity index (χ3n) is 3.18. The van der Waals surface area contributed by atoms with Crippen LogP contribution in [0.25, 0.3) is 22.8 Å². The summed E-state index contributed by atoms with van der Waals surface area (Å²) in [5.41, 5.74) is 3.66. The molecule has 5 heteroatoms. The molecule has 0 amide bonds. The van der Waals surface area contributed by atoms with Gasteiger partial charge < -0.3 is 13.8 Å². The van der Waals surface area contributed by atoms with Crippen LogP contribution >= 0.6 is 0 Å². The molecule has 0 aliphatic heterocycles. The SMILES string of the molecule is [CH2-]CC.[CH2-]CC.[Fe+4].c1ccc(-c2ccccn2)nc1.c1ccc(-c2ccccn2)nc1. The van der Waals surface area contributed by atoms with Crippen molar-refractivity contribution >= 4 is 0 Å². The molecule has 4 heterocycles. The van der Waals surface area contributed by atoms with Crippen LogP contribution in [0.5, 0.6) is 0 Å². The van der Waals surface area contributed by atoms with Crippen molar-refractivity contribution in [2.24, 2.45) is 0 Å². The predicted molar refractivity (Wildman–Crippen MR) is 126 cm³/mol. The normalized spacial score (nSPS) is 8.65. The van der Waals surface area contributed by atoms with E-state index in [0.717, 1.165) is 35.6 Å². The standard InChI is InChI=1S/2C10H8N2.2C3H7.Fe/c2*1-3-7-11-9(5-1)10-6-2-4-8-12-10;2*1-3-2;/h2*1-8H;2*1,3H2,2H3;/q;;2*-1;+4. The van der Waals surface area contributed by atoms with Gasteiger partial charge in [0.2, 0.25) is 0 Å². The Balaban J connectivity index is 0.000000453. The Morgan fingerprint density at radius 2 is 0.677 bits per heavy atom. The van der Waals surface area contributed by atoms with Crippen molar-refractivity contribution in [1.29, 1.82) is 0 Å². The van der Waals surface area contributed by atoms with E-state index in [4.69, 9.17) is 0 Å². The second kappa shape index (κ2) is 19.1. The largest absolute Gasteiger partial charge is 4.00 e. The first-order chi connectivity index (χ1) is 14.8. The molecule has 0 saturated heterocycles. The maximum Gasteiger partial charge on any atom is 4.00 e. The fourth-order valence-electron chi connectivity index (χ4n) is 2.06. The van der Waals surface area contributed by atoms with Gasteiger partial charge in [0.05, 0.1) is 22.8 Å². The average Bonchev–Trinajstić information content (AvgIpc) is 2.83. The summed E-state index contributed by atoms with van der Waals surface area (Å²) in [5, 5.41) is 0. The van der Waals surface area contributed by atoms with Crippen molar-refractivity contribution in [3.05, 3.63) is 111 Å². The molecule has 4 aromatic rings. The van der Waals surface area contributed by atoms with E-state index in [9.17, 15) is 0 Å². The van der Waals surface area contributed by atoms with Gasteiger partial charge in [-0.05, 0) is 48.5 Å². The van der Waals surface area contributed by atoms with Gasteiger partial charge in [-0.3, -0.25) is 19.9 Å². The Hall–Kier alpha value is -2.88. The zero-order valence-corrected chi connectivity index (χ0v) is 19.3. The molecule has 0 aliphatic rings. The minimum Gasteiger partial charge on any atom is -0.344 e. The fraction of sp³-hybridized carbons (Fsp3) is 0.154. The third-order valence-corrected chi connectivity index (χ3v) is 3.18. The van der Waals surface area contributed by atoms with Crippen LogP contribution in [-0.2, 0) is 17.1 Å². The molecule has 31 heavy (non-hydrogen) atoms. The van der Waals surface area contributed by atoms with E-state index >= 15 is 0 Å². The van der Waals surface area contributed by atoms with Gasteiger partial charge in [0.15, 0.2) is 0 Å². The van der Waals surface area contributed by atoms with Crippen molar-refractivity contribution in [3.63, 3.8) is 0 Å². The molecule has 4 rings (SSSR count). The molecule has 0 aromatic carbocycles. The van der Waals surface area contributed by atoms with E-state index in [1.807, 2.05) is 86.6 Å². The molecule has 0 saturated carbocycles. The average molecular weight is 454 g/mol. The molecular formula is C26H30FeN4+2.